The molecule has 1 aliphatic rings. The Kier molecular flexibility index (Phi) is 4.18. The van der Waals surface area contributed by atoms with Crippen LogP contribution < -0.4 is 14.4 Å². The van der Waals surface area contributed by atoms with Crippen LogP contribution >= 0.6 is 0 Å². The highest BCUT2D eigenvalue weighted by Gasteiger charge is 2.38. The van der Waals surface area contributed by atoms with Gasteiger partial charge in [0.05, 0.1) is 7.11 Å². The fourth-order valence-electron chi connectivity index (χ4n) is 2.54. The molecule has 0 saturated carbocycles. The topological polar surface area (TPSA) is 106 Å². The van der Waals surface area contributed by atoms with Gasteiger partial charge in [0.2, 0.25) is 23.3 Å². The lowest BCUT2D eigenvalue weighted by atomic mass is 10.1. The quantitative estimate of drug-likeness (QED) is 0.669. The van der Waals surface area contributed by atoms with Gasteiger partial charge in [0, 0.05) is 25.3 Å². The molecule has 1 aromatic carbocycles. The van der Waals surface area contributed by atoms with E-state index in [1.54, 1.807) is 24.3 Å². The molecule has 25 heavy (non-hydrogen) atoms. The van der Waals surface area contributed by atoms with E-state index in [0.29, 0.717) is 11.3 Å². The summed E-state index contributed by atoms with van der Waals surface area (Å²) in [5.74, 6) is -2.41. The highest BCUT2D eigenvalue weighted by atomic mass is 16.6. The van der Waals surface area contributed by atoms with Crippen LogP contribution in [0, 0.1) is 0 Å². The van der Waals surface area contributed by atoms with Gasteiger partial charge < -0.3 is 19.0 Å². The number of ether oxygens (including phenoxy) is 2. The molecule has 2 amide bonds. The molecule has 2 heterocycles. The number of rotatable bonds is 4. The van der Waals surface area contributed by atoms with Gasteiger partial charge in [0.25, 0.3) is 5.88 Å². The molecular formula is C17H15NO7. The van der Waals surface area contributed by atoms with Crippen LogP contribution in [0.15, 0.2) is 28.7 Å². The number of anilines is 1. The third kappa shape index (κ3) is 2.93. The summed E-state index contributed by atoms with van der Waals surface area (Å²) in [7, 11) is 1.48. The van der Waals surface area contributed by atoms with E-state index in [1.165, 1.54) is 7.11 Å². The predicted molar refractivity (Wildman–Crippen MR) is 85.4 cm³/mol. The van der Waals surface area contributed by atoms with Crippen molar-refractivity contribution in [3.8, 4) is 28.6 Å². The van der Waals surface area contributed by atoms with Gasteiger partial charge in [-0.1, -0.05) is 12.1 Å². The Morgan fingerprint density at radius 3 is 2.52 bits per heavy atom. The zero-order valence-electron chi connectivity index (χ0n) is 13.6. The first-order valence-electron chi connectivity index (χ1n) is 7.46. The Balaban J connectivity index is 2.16. The number of amides is 2. The second-order valence-electron chi connectivity index (χ2n) is 5.36. The molecule has 1 fully saturated rings. The third-order valence-electron chi connectivity index (χ3n) is 3.66. The molecule has 1 aliphatic heterocycles. The summed E-state index contributed by atoms with van der Waals surface area (Å²) in [5.41, 5.74) is 0.426. The number of benzene rings is 1. The normalized spacial score (nSPS) is 14.1. The van der Waals surface area contributed by atoms with E-state index in [-0.39, 0.29) is 30.2 Å². The molecule has 1 N–H and O–H groups in total. The van der Waals surface area contributed by atoms with Crippen LogP contribution in [-0.2, 0) is 14.4 Å². The van der Waals surface area contributed by atoms with Gasteiger partial charge in [-0.3, -0.25) is 14.4 Å². The van der Waals surface area contributed by atoms with Crippen molar-refractivity contribution in [1.29, 1.82) is 0 Å². The second-order valence-corrected chi connectivity index (χ2v) is 5.36. The molecular weight excluding hydrogens is 330 g/mol. The van der Waals surface area contributed by atoms with Crippen LogP contribution in [0.1, 0.15) is 19.8 Å². The fraction of sp³-hybridized carbons (Fsp3) is 0.235. The first-order chi connectivity index (χ1) is 11.9. The Hall–Kier alpha value is -3.29. The van der Waals surface area contributed by atoms with Crippen molar-refractivity contribution in [2.75, 3.05) is 12.0 Å². The Morgan fingerprint density at radius 2 is 1.92 bits per heavy atom. The van der Waals surface area contributed by atoms with E-state index in [4.69, 9.17) is 13.9 Å². The SMILES string of the molecule is COc1cccc(-c2oc(N3C(=O)CCC3=O)c(OC(C)=O)c2O)c1. The van der Waals surface area contributed by atoms with Gasteiger partial charge >= 0.3 is 5.97 Å². The fourth-order valence-corrected chi connectivity index (χ4v) is 2.54. The number of methoxy groups -OCH3 is 1. The summed E-state index contributed by atoms with van der Waals surface area (Å²) in [6, 6.07) is 6.60. The van der Waals surface area contributed by atoms with E-state index in [1.807, 2.05) is 0 Å². The maximum Gasteiger partial charge on any atom is 0.308 e. The first-order valence-corrected chi connectivity index (χ1v) is 7.46. The number of furan rings is 1. The molecule has 1 saturated heterocycles. The van der Waals surface area contributed by atoms with Crippen LogP contribution in [-0.4, -0.2) is 30.0 Å². The minimum atomic E-state index is -0.728. The van der Waals surface area contributed by atoms with Gasteiger partial charge in [-0.25, -0.2) is 4.90 Å². The molecule has 0 bridgehead atoms. The van der Waals surface area contributed by atoms with E-state index < -0.39 is 23.5 Å². The second kappa shape index (κ2) is 6.31. The number of imide groups is 1. The largest absolute Gasteiger partial charge is 0.502 e. The van der Waals surface area contributed by atoms with Crippen LogP contribution in [0.4, 0.5) is 5.88 Å². The van der Waals surface area contributed by atoms with E-state index in [2.05, 4.69) is 0 Å². The smallest absolute Gasteiger partial charge is 0.308 e. The number of esters is 1. The molecule has 0 atom stereocenters. The van der Waals surface area contributed by atoms with Gasteiger partial charge in [-0.15, -0.1) is 0 Å². The zero-order valence-corrected chi connectivity index (χ0v) is 13.6. The zero-order chi connectivity index (χ0) is 18.1. The molecule has 2 aromatic rings. The minimum absolute atomic E-state index is 0.0221. The lowest BCUT2D eigenvalue weighted by molar-refractivity contribution is -0.132. The van der Waals surface area contributed by atoms with Gasteiger partial charge in [0.1, 0.15) is 5.75 Å². The number of aromatic hydroxyl groups is 1. The van der Waals surface area contributed by atoms with Crippen LogP contribution in [0.25, 0.3) is 11.3 Å². The summed E-state index contributed by atoms with van der Waals surface area (Å²) in [6.07, 6.45) is 0.0442. The number of carbonyl (C=O) groups excluding carboxylic acids is 3. The van der Waals surface area contributed by atoms with E-state index in [0.717, 1.165) is 11.8 Å². The Morgan fingerprint density at radius 1 is 1.24 bits per heavy atom. The van der Waals surface area contributed by atoms with Crippen molar-refractivity contribution < 1.29 is 33.4 Å². The summed E-state index contributed by atoms with van der Waals surface area (Å²) in [6.45, 7) is 1.13. The first kappa shape index (κ1) is 16.6. The lowest BCUT2D eigenvalue weighted by Gasteiger charge is -2.11. The number of nitrogens with zero attached hydrogens (tertiary/aromatic N) is 1. The van der Waals surface area contributed by atoms with Crippen molar-refractivity contribution in [3.63, 3.8) is 0 Å². The minimum Gasteiger partial charge on any atom is -0.502 e. The van der Waals surface area contributed by atoms with Crippen LogP contribution in [0.2, 0.25) is 0 Å². The predicted octanol–water partition coefficient (Wildman–Crippen LogP) is 2.24. The van der Waals surface area contributed by atoms with Crippen LogP contribution in [0.5, 0.6) is 17.2 Å². The molecule has 0 radical (unpaired) electrons. The molecule has 130 valence electrons. The number of carbonyl (C=O) groups is 3. The van der Waals surface area contributed by atoms with Crippen LogP contribution in [0.3, 0.4) is 0 Å². The standard InChI is InChI=1S/C17H15NO7/c1-9(19)24-16-14(22)15(10-4-3-5-11(8-10)23-2)25-17(16)18-12(20)6-7-13(18)21/h3-5,8,22H,6-7H2,1-2H3. The van der Waals surface area contributed by atoms with E-state index >= 15 is 0 Å². The summed E-state index contributed by atoms with van der Waals surface area (Å²) >= 11 is 0. The van der Waals surface area contributed by atoms with Crippen molar-refractivity contribution in [2.24, 2.45) is 0 Å². The molecule has 3 rings (SSSR count). The highest BCUT2D eigenvalue weighted by Crippen LogP contribution is 2.49. The third-order valence-corrected chi connectivity index (χ3v) is 3.66. The van der Waals surface area contributed by atoms with Crippen molar-refractivity contribution in [2.45, 2.75) is 19.8 Å². The molecule has 1 aromatic heterocycles. The van der Waals surface area contributed by atoms with Crippen molar-refractivity contribution >= 4 is 23.7 Å². The maximum atomic E-state index is 12.0. The molecule has 0 aliphatic carbocycles. The maximum absolute atomic E-state index is 12.0. The monoisotopic (exact) mass is 345 g/mol. The summed E-state index contributed by atoms with van der Waals surface area (Å²) in [4.78, 5) is 36.1. The van der Waals surface area contributed by atoms with Gasteiger partial charge in [0.15, 0.2) is 5.76 Å². The number of hydrogen-bond donors (Lipinski definition) is 1. The van der Waals surface area contributed by atoms with Crippen molar-refractivity contribution in [3.05, 3.63) is 24.3 Å². The highest BCUT2D eigenvalue weighted by molar-refractivity contribution is 6.20. The average Bonchev–Trinajstić information content (AvgIpc) is 3.07. The molecule has 0 spiro atoms. The van der Waals surface area contributed by atoms with Crippen molar-refractivity contribution in [1.82, 2.24) is 0 Å². The lowest BCUT2D eigenvalue weighted by Crippen LogP contribution is -2.28. The Labute approximate surface area is 142 Å². The summed E-state index contributed by atoms with van der Waals surface area (Å²) in [5, 5.41) is 10.4. The summed E-state index contributed by atoms with van der Waals surface area (Å²) < 4.78 is 15.7. The molecule has 0 unspecified atom stereocenters. The number of hydrogen-bond acceptors (Lipinski definition) is 7. The Bertz CT molecular complexity index is 852. The molecule has 8 nitrogen and oxygen atoms in total. The van der Waals surface area contributed by atoms with Gasteiger partial charge in [-0.05, 0) is 12.1 Å². The van der Waals surface area contributed by atoms with E-state index in [9.17, 15) is 19.5 Å². The molecule has 8 heteroatoms. The van der Waals surface area contributed by atoms with Gasteiger partial charge in [-0.2, -0.15) is 0 Å². The average molecular weight is 345 g/mol.